The summed E-state index contributed by atoms with van der Waals surface area (Å²) in [7, 11) is -3.50. The highest BCUT2D eigenvalue weighted by Gasteiger charge is 2.14. The molecule has 19 heavy (non-hydrogen) atoms. The van der Waals surface area contributed by atoms with E-state index in [2.05, 4.69) is 4.72 Å². The fourth-order valence-corrected chi connectivity index (χ4v) is 2.63. The van der Waals surface area contributed by atoms with Crippen molar-refractivity contribution in [1.29, 1.82) is 0 Å². The van der Waals surface area contributed by atoms with Gasteiger partial charge in [-0.05, 0) is 43.5 Å². The number of rotatable bonds is 7. The first-order valence-electron chi connectivity index (χ1n) is 5.84. The number of carbonyl (C=O) groups excluding carboxylic acids is 1. The molecule has 0 unspecified atom stereocenters. The normalized spacial score (nSPS) is 13.2. The van der Waals surface area contributed by atoms with Gasteiger partial charge in [0.05, 0.1) is 10.9 Å². The van der Waals surface area contributed by atoms with Crippen LogP contribution >= 0.6 is 11.6 Å². The largest absolute Gasteiger partial charge is 0.320 e. The van der Waals surface area contributed by atoms with Crippen molar-refractivity contribution >= 4 is 26.9 Å². The van der Waals surface area contributed by atoms with Crippen LogP contribution in [-0.2, 0) is 14.8 Å². The number of nitrogens with two attached hydrogens (primary N) is 1. The molecule has 0 fully saturated rings. The average Bonchev–Trinajstić information content (AvgIpc) is 2.34. The molecule has 7 heteroatoms. The molecule has 0 radical (unpaired) electrons. The van der Waals surface area contributed by atoms with Gasteiger partial charge in [-0.25, -0.2) is 13.1 Å². The zero-order valence-corrected chi connectivity index (χ0v) is 12.2. The van der Waals surface area contributed by atoms with E-state index >= 15 is 0 Å². The van der Waals surface area contributed by atoms with Crippen LogP contribution < -0.4 is 10.5 Å². The maximum atomic E-state index is 11.9. The van der Waals surface area contributed by atoms with Crippen molar-refractivity contribution in [2.75, 3.05) is 6.54 Å². The number of carbonyl (C=O) groups is 1. The molecule has 0 aliphatic heterocycles. The maximum Gasteiger partial charge on any atom is 0.240 e. The molecule has 0 aliphatic rings. The predicted octanol–water partition coefficient (Wildman–Crippen LogP) is 1.15. The van der Waals surface area contributed by atoms with E-state index in [-0.39, 0.29) is 11.4 Å². The number of halogens is 1. The van der Waals surface area contributed by atoms with E-state index in [0.29, 0.717) is 12.8 Å². The van der Waals surface area contributed by atoms with Crippen LogP contribution in [0.4, 0.5) is 0 Å². The van der Waals surface area contributed by atoms with Crippen molar-refractivity contribution in [3.8, 4) is 0 Å². The second kappa shape index (κ2) is 7.00. The highest BCUT2D eigenvalue weighted by molar-refractivity contribution is 7.89. The summed E-state index contributed by atoms with van der Waals surface area (Å²) in [5, 5.41) is -0.610. The Labute approximate surface area is 118 Å². The Kier molecular flexibility index (Phi) is 5.93. The van der Waals surface area contributed by atoms with Crippen LogP contribution in [0.3, 0.4) is 0 Å². The van der Waals surface area contributed by atoms with Crippen LogP contribution in [0.2, 0.25) is 0 Å². The van der Waals surface area contributed by atoms with Gasteiger partial charge >= 0.3 is 0 Å². The molecule has 0 aliphatic carbocycles. The average molecular weight is 305 g/mol. The molecule has 1 aromatic rings. The van der Waals surface area contributed by atoms with Crippen molar-refractivity contribution in [1.82, 2.24) is 4.72 Å². The molecule has 0 spiro atoms. The first-order chi connectivity index (χ1) is 8.83. The molecule has 5 nitrogen and oxygen atoms in total. The molecule has 0 saturated carbocycles. The monoisotopic (exact) mass is 304 g/mol. The molecular formula is C12H17ClN2O3S. The highest BCUT2D eigenvalue weighted by Crippen LogP contribution is 2.10. The van der Waals surface area contributed by atoms with Gasteiger partial charge in [0.1, 0.15) is 0 Å². The standard InChI is InChI=1S/C12H17ClN2O3S/c1-9-4-6-10(7-5-9)19(17,18)15-8-2-3-11(14)12(13)16/h4-7,11,15H,2-3,8,14H2,1H3/t11-/m0/s1. The quantitative estimate of drug-likeness (QED) is 0.584. The first kappa shape index (κ1) is 16.1. The van der Waals surface area contributed by atoms with Crippen LogP contribution in [0.25, 0.3) is 0 Å². The zero-order valence-electron chi connectivity index (χ0n) is 10.6. The first-order valence-corrected chi connectivity index (χ1v) is 7.70. The van der Waals surface area contributed by atoms with Crippen molar-refractivity contribution in [3.63, 3.8) is 0 Å². The van der Waals surface area contributed by atoms with Gasteiger partial charge in [-0.15, -0.1) is 0 Å². The summed E-state index contributed by atoms with van der Waals surface area (Å²) >= 11 is 5.21. The minimum Gasteiger partial charge on any atom is -0.320 e. The molecular weight excluding hydrogens is 288 g/mol. The lowest BCUT2D eigenvalue weighted by atomic mass is 10.2. The Balaban J connectivity index is 2.48. The van der Waals surface area contributed by atoms with Gasteiger partial charge in [-0.1, -0.05) is 17.7 Å². The highest BCUT2D eigenvalue weighted by atomic mass is 35.5. The Morgan fingerprint density at radius 3 is 2.47 bits per heavy atom. The molecule has 1 rings (SSSR count). The van der Waals surface area contributed by atoms with Gasteiger partial charge in [0.2, 0.25) is 15.3 Å². The SMILES string of the molecule is Cc1ccc(S(=O)(=O)NCCC[C@H](N)C(=O)Cl)cc1. The van der Waals surface area contributed by atoms with Gasteiger partial charge in [-0.3, -0.25) is 4.79 Å². The van der Waals surface area contributed by atoms with Crippen LogP contribution in [0.1, 0.15) is 18.4 Å². The van der Waals surface area contributed by atoms with E-state index in [0.717, 1.165) is 5.56 Å². The van der Waals surface area contributed by atoms with E-state index in [9.17, 15) is 13.2 Å². The van der Waals surface area contributed by atoms with Gasteiger partial charge in [-0.2, -0.15) is 0 Å². The molecule has 1 atom stereocenters. The lowest BCUT2D eigenvalue weighted by Gasteiger charge is -2.08. The smallest absolute Gasteiger partial charge is 0.240 e. The molecule has 1 aromatic carbocycles. The molecule has 0 heterocycles. The third-order valence-corrected chi connectivity index (χ3v) is 4.36. The summed E-state index contributed by atoms with van der Waals surface area (Å²) in [5.74, 6) is 0. The van der Waals surface area contributed by atoms with E-state index in [1.54, 1.807) is 24.3 Å². The minimum atomic E-state index is -3.50. The van der Waals surface area contributed by atoms with Crippen LogP contribution in [0.5, 0.6) is 0 Å². The van der Waals surface area contributed by atoms with Crippen molar-refractivity contribution in [3.05, 3.63) is 29.8 Å². The third kappa shape index (κ3) is 5.28. The number of hydrogen-bond donors (Lipinski definition) is 2. The van der Waals surface area contributed by atoms with Crippen LogP contribution in [0.15, 0.2) is 29.2 Å². The summed E-state index contributed by atoms with van der Waals surface area (Å²) in [5.41, 5.74) is 6.43. The maximum absolute atomic E-state index is 11.9. The summed E-state index contributed by atoms with van der Waals surface area (Å²) in [6.07, 6.45) is 0.795. The number of aryl methyl sites for hydroxylation is 1. The lowest BCUT2D eigenvalue weighted by Crippen LogP contribution is -2.30. The van der Waals surface area contributed by atoms with Crippen molar-refractivity contribution in [2.24, 2.45) is 5.73 Å². The molecule has 0 aromatic heterocycles. The van der Waals surface area contributed by atoms with E-state index in [4.69, 9.17) is 17.3 Å². The van der Waals surface area contributed by atoms with E-state index < -0.39 is 21.3 Å². The van der Waals surface area contributed by atoms with E-state index in [1.807, 2.05) is 6.92 Å². The second-order valence-corrected chi connectivity index (χ2v) is 6.40. The molecule has 0 amide bonds. The number of sulfonamides is 1. The molecule has 106 valence electrons. The van der Waals surface area contributed by atoms with Gasteiger partial charge < -0.3 is 5.73 Å². The molecule has 0 bridgehead atoms. The third-order valence-electron chi connectivity index (χ3n) is 2.61. The Bertz CT molecular complexity index is 528. The lowest BCUT2D eigenvalue weighted by molar-refractivity contribution is -0.112. The van der Waals surface area contributed by atoms with E-state index in [1.165, 1.54) is 0 Å². The number of nitrogens with one attached hydrogen (secondary N) is 1. The summed E-state index contributed by atoms with van der Waals surface area (Å²) < 4.78 is 26.2. The van der Waals surface area contributed by atoms with Crippen LogP contribution in [0, 0.1) is 6.92 Å². The Hall–Kier alpha value is -0.950. The zero-order chi connectivity index (χ0) is 14.5. The fourth-order valence-electron chi connectivity index (χ4n) is 1.44. The van der Waals surface area contributed by atoms with Gasteiger partial charge in [0.25, 0.3) is 0 Å². The molecule has 3 N–H and O–H groups in total. The topological polar surface area (TPSA) is 89.3 Å². The van der Waals surface area contributed by atoms with Gasteiger partial charge in [0, 0.05) is 6.54 Å². The number of benzene rings is 1. The summed E-state index contributed by atoms with van der Waals surface area (Å²) in [4.78, 5) is 10.9. The predicted molar refractivity (Wildman–Crippen MR) is 74.4 cm³/mol. The van der Waals surface area contributed by atoms with Gasteiger partial charge in [0.15, 0.2) is 0 Å². The number of hydrogen-bond acceptors (Lipinski definition) is 4. The summed E-state index contributed by atoms with van der Waals surface area (Å²) in [6, 6.07) is 5.82. The minimum absolute atomic E-state index is 0.216. The Morgan fingerprint density at radius 1 is 1.37 bits per heavy atom. The summed E-state index contributed by atoms with van der Waals surface area (Å²) in [6.45, 7) is 2.10. The fraction of sp³-hybridized carbons (Fsp3) is 0.417. The Morgan fingerprint density at radius 2 is 1.95 bits per heavy atom. The van der Waals surface area contributed by atoms with Crippen molar-refractivity contribution < 1.29 is 13.2 Å². The van der Waals surface area contributed by atoms with Crippen LogP contribution in [-0.4, -0.2) is 26.2 Å². The molecule has 0 saturated heterocycles. The second-order valence-electron chi connectivity index (χ2n) is 4.26. The van der Waals surface area contributed by atoms with Crippen molar-refractivity contribution in [2.45, 2.75) is 30.7 Å².